The lowest BCUT2D eigenvalue weighted by molar-refractivity contribution is 1.22. The fraction of sp³-hybridized carbons (Fsp3) is 0. The van der Waals surface area contributed by atoms with Gasteiger partial charge in [0.2, 0.25) is 0 Å². The summed E-state index contributed by atoms with van der Waals surface area (Å²) in [5.74, 6) is 0. The smallest absolute Gasteiger partial charge is 0.306 e. The number of fused-ring (bicyclic) bond motifs is 1. The Bertz CT molecular complexity index is 979. The Labute approximate surface area is 127 Å². The van der Waals surface area contributed by atoms with Crippen LogP contribution in [0.2, 0.25) is 0 Å². The van der Waals surface area contributed by atoms with Crippen molar-refractivity contribution < 1.29 is 0 Å². The van der Waals surface area contributed by atoms with Gasteiger partial charge in [0.25, 0.3) is 0 Å². The summed E-state index contributed by atoms with van der Waals surface area (Å²) in [5.41, 5.74) is 6.10. The highest BCUT2D eigenvalue weighted by Gasteiger charge is 2.03. The number of imidazole rings is 1. The average Bonchev–Trinajstić information content (AvgIpc) is 2.95. The number of aromatic nitrogens is 2. The molecule has 0 fully saturated rings. The molecule has 0 aliphatic heterocycles. The Hall–Kier alpha value is -3.07. The quantitative estimate of drug-likeness (QED) is 0.570. The lowest BCUT2D eigenvalue weighted by atomic mass is 10.0. The van der Waals surface area contributed by atoms with Gasteiger partial charge in [-0.2, -0.15) is 0 Å². The van der Waals surface area contributed by atoms with Crippen LogP contribution < -0.4 is 5.69 Å². The standard InChI is InChI=1S/C19H14N2O/c22-19-20-17-11-10-16(12-18(17)21-19)15-8-6-14(7-9-15)13-4-2-1-3-5-13/h1-12H,(H2,20,21,22). The molecule has 3 aromatic carbocycles. The van der Waals surface area contributed by atoms with Crippen LogP contribution in [0.4, 0.5) is 0 Å². The molecule has 0 atom stereocenters. The molecule has 0 unspecified atom stereocenters. The van der Waals surface area contributed by atoms with Crippen molar-refractivity contribution >= 4 is 11.0 Å². The van der Waals surface area contributed by atoms with E-state index in [1.54, 1.807) is 0 Å². The van der Waals surface area contributed by atoms with Gasteiger partial charge < -0.3 is 9.97 Å². The zero-order chi connectivity index (χ0) is 14.9. The second-order valence-corrected chi connectivity index (χ2v) is 5.28. The summed E-state index contributed by atoms with van der Waals surface area (Å²) in [6, 6.07) is 24.7. The SMILES string of the molecule is O=c1[nH]c2ccc(-c3ccc(-c4ccccc4)cc3)cc2[nH]1. The van der Waals surface area contributed by atoms with Crippen LogP contribution in [0.3, 0.4) is 0 Å². The first kappa shape index (κ1) is 12.7. The van der Waals surface area contributed by atoms with Crippen LogP contribution in [0.25, 0.3) is 33.3 Å². The van der Waals surface area contributed by atoms with Crippen LogP contribution in [0.5, 0.6) is 0 Å². The molecule has 1 heterocycles. The van der Waals surface area contributed by atoms with E-state index in [9.17, 15) is 4.79 Å². The van der Waals surface area contributed by atoms with Crippen molar-refractivity contribution in [3.63, 3.8) is 0 Å². The monoisotopic (exact) mass is 286 g/mol. The minimum Gasteiger partial charge on any atom is -0.306 e. The van der Waals surface area contributed by atoms with E-state index < -0.39 is 0 Å². The van der Waals surface area contributed by atoms with Gasteiger partial charge >= 0.3 is 5.69 Å². The third kappa shape index (κ3) is 2.23. The van der Waals surface area contributed by atoms with Crippen LogP contribution in [-0.2, 0) is 0 Å². The molecule has 22 heavy (non-hydrogen) atoms. The normalized spacial score (nSPS) is 10.9. The van der Waals surface area contributed by atoms with Crippen LogP contribution in [-0.4, -0.2) is 9.97 Å². The zero-order valence-electron chi connectivity index (χ0n) is 11.8. The van der Waals surface area contributed by atoms with Crippen molar-refractivity contribution in [2.75, 3.05) is 0 Å². The Balaban J connectivity index is 1.74. The Kier molecular flexibility index (Phi) is 2.90. The summed E-state index contributed by atoms with van der Waals surface area (Å²) in [6.07, 6.45) is 0. The Morgan fingerprint density at radius 3 is 1.82 bits per heavy atom. The number of benzene rings is 3. The first-order chi connectivity index (χ1) is 10.8. The van der Waals surface area contributed by atoms with Crippen molar-refractivity contribution in [2.24, 2.45) is 0 Å². The number of aromatic amines is 2. The van der Waals surface area contributed by atoms with E-state index in [1.807, 2.05) is 36.4 Å². The van der Waals surface area contributed by atoms with Gasteiger partial charge in [0.05, 0.1) is 11.0 Å². The highest BCUT2D eigenvalue weighted by molar-refractivity contribution is 5.82. The van der Waals surface area contributed by atoms with E-state index in [0.717, 1.165) is 22.2 Å². The Morgan fingerprint density at radius 2 is 1.09 bits per heavy atom. The van der Waals surface area contributed by atoms with E-state index in [1.165, 1.54) is 11.1 Å². The first-order valence-electron chi connectivity index (χ1n) is 7.17. The molecule has 1 aromatic heterocycles. The molecule has 0 amide bonds. The highest BCUT2D eigenvalue weighted by Crippen LogP contribution is 2.26. The molecule has 3 heteroatoms. The molecule has 0 spiro atoms. The van der Waals surface area contributed by atoms with E-state index in [-0.39, 0.29) is 5.69 Å². The van der Waals surface area contributed by atoms with E-state index >= 15 is 0 Å². The van der Waals surface area contributed by atoms with E-state index in [2.05, 4.69) is 46.4 Å². The second-order valence-electron chi connectivity index (χ2n) is 5.28. The molecular weight excluding hydrogens is 272 g/mol. The molecule has 0 saturated carbocycles. The van der Waals surface area contributed by atoms with E-state index in [4.69, 9.17) is 0 Å². The molecular formula is C19H14N2O. The summed E-state index contributed by atoms with van der Waals surface area (Å²) in [6.45, 7) is 0. The molecule has 2 N–H and O–H groups in total. The summed E-state index contributed by atoms with van der Waals surface area (Å²) in [4.78, 5) is 16.9. The molecule has 4 aromatic rings. The van der Waals surface area contributed by atoms with Gasteiger partial charge in [0.1, 0.15) is 0 Å². The van der Waals surface area contributed by atoms with Crippen LogP contribution in [0.1, 0.15) is 0 Å². The fourth-order valence-corrected chi connectivity index (χ4v) is 2.70. The molecule has 0 radical (unpaired) electrons. The maximum atomic E-state index is 11.3. The van der Waals surface area contributed by atoms with Crippen molar-refractivity contribution in [1.29, 1.82) is 0 Å². The fourth-order valence-electron chi connectivity index (χ4n) is 2.70. The average molecular weight is 286 g/mol. The number of H-pyrrole nitrogens is 2. The van der Waals surface area contributed by atoms with Crippen LogP contribution in [0, 0.1) is 0 Å². The molecule has 0 saturated heterocycles. The largest absolute Gasteiger partial charge is 0.323 e. The maximum absolute atomic E-state index is 11.3. The molecule has 4 rings (SSSR count). The number of hydrogen-bond donors (Lipinski definition) is 2. The van der Waals surface area contributed by atoms with Crippen molar-refractivity contribution in [1.82, 2.24) is 9.97 Å². The van der Waals surface area contributed by atoms with Crippen LogP contribution in [0.15, 0.2) is 77.6 Å². The van der Waals surface area contributed by atoms with Gasteiger partial charge in [-0.15, -0.1) is 0 Å². The van der Waals surface area contributed by atoms with Gasteiger partial charge in [0.15, 0.2) is 0 Å². The lowest BCUT2D eigenvalue weighted by Gasteiger charge is -2.05. The number of rotatable bonds is 2. The summed E-state index contributed by atoms with van der Waals surface area (Å²) >= 11 is 0. The molecule has 0 aliphatic rings. The maximum Gasteiger partial charge on any atom is 0.323 e. The Morgan fingerprint density at radius 1 is 0.545 bits per heavy atom. The third-order valence-corrected chi connectivity index (χ3v) is 3.84. The first-order valence-corrected chi connectivity index (χ1v) is 7.17. The van der Waals surface area contributed by atoms with E-state index in [0.29, 0.717) is 0 Å². The third-order valence-electron chi connectivity index (χ3n) is 3.84. The van der Waals surface area contributed by atoms with Gasteiger partial charge in [-0.1, -0.05) is 60.7 Å². The number of nitrogens with one attached hydrogen (secondary N) is 2. The van der Waals surface area contributed by atoms with Crippen LogP contribution >= 0.6 is 0 Å². The van der Waals surface area contributed by atoms with Gasteiger partial charge in [-0.05, 0) is 34.4 Å². The number of hydrogen-bond acceptors (Lipinski definition) is 1. The lowest BCUT2D eigenvalue weighted by Crippen LogP contribution is -1.99. The minimum atomic E-state index is -0.174. The second kappa shape index (κ2) is 5.04. The van der Waals surface area contributed by atoms with Crippen molar-refractivity contribution in [3.8, 4) is 22.3 Å². The van der Waals surface area contributed by atoms with Gasteiger partial charge in [-0.25, -0.2) is 4.79 Å². The van der Waals surface area contributed by atoms with Gasteiger partial charge in [0, 0.05) is 0 Å². The van der Waals surface area contributed by atoms with Gasteiger partial charge in [-0.3, -0.25) is 0 Å². The predicted octanol–water partition coefficient (Wildman–Crippen LogP) is 4.19. The highest BCUT2D eigenvalue weighted by atomic mass is 16.1. The minimum absolute atomic E-state index is 0.174. The molecule has 0 bridgehead atoms. The van der Waals surface area contributed by atoms with Crippen molar-refractivity contribution in [2.45, 2.75) is 0 Å². The molecule has 3 nitrogen and oxygen atoms in total. The van der Waals surface area contributed by atoms with Crippen molar-refractivity contribution in [3.05, 3.63) is 83.3 Å². The topological polar surface area (TPSA) is 48.6 Å². The predicted molar refractivity (Wildman–Crippen MR) is 89.8 cm³/mol. The molecule has 0 aliphatic carbocycles. The zero-order valence-corrected chi connectivity index (χ0v) is 11.8. The summed E-state index contributed by atoms with van der Waals surface area (Å²) < 4.78 is 0. The summed E-state index contributed by atoms with van der Waals surface area (Å²) in [5, 5.41) is 0. The summed E-state index contributed by atoms with van der Waals surface area (Å²) in [7, 11) is 0. The molecule has 106 valence electrons.